The minimum Gasteiger partial charge on any atom is -0.492 e. The predicted molar refractivity (Wildman–Crippen MR) is 221 cm³/mol. The third-order valence-electron chi connectivity index (χ3n) is 11.0. The van der Waals surface area contributed by atoms with Crippen LogP contribution in [0, 0.1) is 11.3 Å². The summed E-state index contributed by atoms with van der Waals surface area (Å²) in [5.41, 5.74) is -0.291. The van der Waals surface area contributed by atoms with E-state index < -0.39 is 34.8 Å². The van der Waals surface area contributed by atoms with Gasteiger partial charge in [0.2, 0.25) is 17.7 Å². The summed E-state index contributed by atoms with van der Waals surface area (Å²) < 4.78 is 47.7. The SMILES string of the molecule is CCc1cc(N2C(=S)N(c3ccc(C#N)c(C(F)(F)F)c3)C(=O)C2(C)C)ccc1OCCN1C[C@@H](C)N(CC(=O)Nc2cccc(NC3CCC(=O)NC3=O)c2)C[C@@H]1C. The molecule has 59 heavy (non-hydrogen) atoms. The molecule has 3 heterocycles. The molecule has 312 valence electrons. The number of imide groups is 1. The maximum absolute atomic E-state index is 13.8. The lowest BCUT2D eigenvalue weighted by Gasteiger charge is -2.43. The number of rotatable bonds is 12. The van der Waals surface area contributed by atoms with Crippen LogP contribution in [0.25, 0.3) is 0 Å². The van der Waals surface area contributed by atoms with Crippen molar-refractivity contribution in [3.8, 4) is 11.8 Å². The van der Waals surface area contributed by atoms with E-state index >= 15 is 0 Å². The molecule has 0 saturated carbocycles. The maximum atomic E-state index is 13.8. The molecule has 3 aromatic carbocycles. The third kappa shape index (κ3) is 9.35. The van der Waals surface area contributed by atoms with Crippen LogP contribution in [0.5, 0.6) is 5.75 Å². The summed E-state index contributed by atoms with van der Waals surface area (Å²) in [7, 11) is 0. The molecular weight excluding hydrogens is 786 g/mol. The zero-order valence-electron chi connectivity index (χ0n) is 33.5. The second-order valence-corrected chi connectivity index (χ2v) is 15.9. The minimum atomic E-state index is -4.80. The van der Waals surface area contributed by atoms with Crippen molar-refractivity contribution in [1.29, 1.82) is 5.26 Å². The van der Waals surface area contributed by atoms with Crippen molar-refractivity contribution in [2.75, 3.05) is 53.2 Å². The van der Waals surface area contributed by atoms with Crippen LogP contribution in [0.1, 0.15) is 64.2 Å². The number of alkyl halides is 3. The lowest BCUT2D eigenvalue weighted by molar-refractivity contribution is -0.138. The van der Waals surface area contributed by atoms with Crippen LogP contribution in [0.15, 0.2) is 60.7 Å². The van der Waals surface area contributed by atoms with Gasteiger partial charge in [0.15, 0.2) is 5.11 Å². The number of nitrogens with zero attached hydrogens (tertiary/aromatic N) is 5. The predicted octanol–water partition coefficient (Wildman–Crippen LogP) is 5.69. The first-order chi connectivity index (χ1) is 27.9. The second kappa shape index (κ2) is 17.3. The molecule has 3 aromatic rings. The molecule has 3 aliphatic rings. The average Bonchev–Trinajstić information content (AvgIpc) is 3.35. The van der Waals surface area contributed by atoms with Crippen molar-refractivity contribution < 1.29 is 37.1 Å². The molecule has 0 spiro atoms. The largest absolute Gasteiger partial charge is 0.492 e. The number of carbonyl (C=O) groups is 4. The number of carbonyl (C=O) groups excluding carboxylic acids is 4. The number of hydrogen-bond donors (Lipinski definition) is 3. The summed E-state index contributed by atoms with van der Waals surface area (Å²) in [5, 5.41) is 17.7. The summed E-state index contributed by atoms with van der Waals surface area (Å²) in [6.07, 6.45) is -3.54. The third-order valence-corrected chi connectivity index (χ3v) is 11.4. The number of thiocarbonyl (C=S) groups is 1. The molecule has 0 aromatic heterocycles. The number of benzene rings is 3. The number of nitriles is 1. The Labute approximate surface area is 346 Å². The van der Waals surface area contributed by atoms with E-state index in [1.54, 1.807) is 55.1 Å². The first-order valence-electron chi connectivity index (χ1n) is 19.4. The number of hydrogen-bond acceptors (Lipinski definition) is 10. The summed E-state index contributed by atoms with van der Waals surface area (Å²) in [5.74, 6) is -0.654. The van der Waals surface area contributed by atoms with Crippen LogP contribution in [-0.4, -0.2) is 95.0 Å². The highest BCUT2D eigenvalue weighted by Gasteiger charge is 2.51. The lowest BCUT2D eigenvalue weighted by atomic mass is 10.0. The van der Waals surface area contributed by atoms with Crippen molar-refractivity contribution in [1.82, 2.24) is 15.1 Å². The molecule has 1 unspecified atom stereocenters. The topological polar surface area (TPSA) is 150 Å². The average molecular weight is 833 g/mol. The quantitative estimate of drug-likeness (QED) is 0.153. The van der Waals surface area contributed by atoms with Crippen LogP contribution in [0.3, 0.4) is 0 Å². The number of ether oxygens (including phenoxy) is 1. The number of nitrogens with one attached hydrogen (secondary N) is 3. The number of anilines is 4. The summed E-state index contributed by atoms with van der Waals surface area (Å²) in [6.45, 7) is 12.1. The highest BCUT2D eigenvalue weighted by molar-refractivity contribution is 7.81. The lowest BCUT2D eigenvalue weighted by Crippen LogP contribution is -2.58. The standard InChI is InChI=1S/C42H47F3N8O5S/c1-6-27-18-32(53-40(59)52(39(57)41(53,4)5)31-11-10-28(21-46)33(20-31)42(43,44)45)12-14-35(27)58-17-16-50-22-26(3)51(23-25(50)2)24-37(55)48-30-9-7-8-29(19-30)47-34-13-15-36(54)49-38(34)56/h7-12,14,18-20,25-26,34,47H,6,13,15-17,22-24H2,1-5H3,(H,48,55)(H,49,54,56)/t25-,26+,34?/m0/s1. The van der Waals surface area contributed by atoms with Crippen molar-refractivity contribution in [2.24, 2.45) is 0 Å². The highest BCUT2D eigenvalue weighted by atomic mass is 32.1. The molecule has 3 N–H and O–H groups in total. The van der Waals surface area contributed by atoms with E-state index in [1.165, 1.54) is 6.07 Å². The van der Waals surface area contributed by atoms with Gasteiger partial charge in [0.1, 0.15) is 23.9 Å². The maximum Gasteiger partial charge on any atom is 0.417 e. The first-order valence-corrected chi connectivity index (χ1v) is 19.9. The molecule has 3 aliphatic heterocycles. The number of piperidine rings is 1. The molecule has 17 heteroatoms. The molecule has 0 bridgehead atoms. The van der Waals surface area contributed by atoms with Crippen LogP contribution >= 0.6 is 12.2 Å². The highest BCUT2D eigenvalue weighted by Crippen LogP contribution is 2.40. The van der Waals surface area contributed by atoms with E-state index in [-0.39, 0.29) is 53.6 Å². The van der Waals surface area contributed by atoms with E-state index in [1.807, 2.05) is 19.1 Å². The number of halogens is 3. The van der Waals surface area contributed by atoms with Gasteiger partial charge in [-0.05, 0) is 113 Å². The van der Waals surface area contributed by atoms with Gasteiger partial charge in [0, 0.05) is 55.2 Å². The minimum absolute atomic E-state index is 0.0156. The number of aryl methyl sites for hydroxylation is 1. The molecule has 3 atom stereocenters. The van der Waals surface area contributed by atoms with Crippen molar-refractivity contribution >= 4 is 63.7 Å². The fourth-order valence-corrected chi connectivity index (χ4v) is 8.28. The van der Waals surface area contributed by atoms with E-state index in [2.05, 4.69) is 39.6 Å². The molecule has 0 radical (unpaired) electrons. The van der Waals surface area contributed by atoms with Gasteiger partial charge in [-0.2, -0.15) is 18.4 Å². The van der Waals surface area contributed by atoms with Crippen molar-refractivity contribution in [3.63, 3.8) is 0 Å². The van der Waals surface area contributed by atoms with Crippen LogP contribution in [-0.2, 0) is 31.8 Å². The van der Waals surface area contributed by atoms with Crippen LogP contribution < -0.4 is 30.5 Å². The van der Waals surface area contributed by atoms with Gasteiger partial charge in [0.25, 0.3) is 5.91 Å². The van der Waals surface area contributed by atoms with E-state index in [0.717, 1.165) is 29.1 Å². The number of amides is 4. The Morgan fingerprint density at radius 1 is 1.00 bits per heavy atom. The van der Waals surface area contributed by atoms with Crippen LogP contribution in [0.4, 0.5) is 35.9 Å². The molecule has 13 nitrogen and oxygen atoms in total. The summed E-state index contributed by atoms with van der Waals surface area (Å²) >= 11 is 5.72. The molecule has 3 fully saturated rings. The first kappa shape index (κ1) is 43.0. The second-order valence-electron chi connectivity index (χ2n) is 15.6. The van der Waals surface area contributed by atoms with Crippen molar-refractivity contribution in [3.05, 3.63) is 77.4 Å². The monoisotopic (exact) mass is 832 g/mol. The number of piperazine rings is 1. The molecular formula is C42H47F3N8O5S. The van der Waals surface area contributed by atoms with Gasteiger partial charge in [-0.3, -0.25) is 39.2 Å². The van der Waals surface area contributed by atoms with E-state index in [4.69, 9.17) is 17.0 Å². The zero-order valence-corrected chi connectivity index (χ0v) is 34.3. The Bertz CT molecular complexity index is 2190. The Morgan fingerprint density at radius 2 is 1.69 bits per heavy atom. The smallest absolute Gasteiger partial charge is 0.417 e. The van der Waals surface area contributed by atoms with Crippen LogP contribution in [0.2, 0.25) is 0 Å². The molecule has 6 rings (SSSR count). The summed E-state index contributed by atoms with van der Waals surface area (Å²) in [4.78, 5) is 57.7. The van der Waals surface area contributed by atoms with E-state index in [0.29, 0.717) is 55.3 Å². The van der Waals surface area contributed by atoms with E-state index in [9.17, 15) is 37.6 Å². The Balaban J connectivity index is 1.03. The Hall–Kier alpha value is -5.57. The Kier molecular flexibility index (Phi) is 12.6. The van der Waals surface area contributed by atoms with Gasteiger partial charge in [-0.25, -0.2) is 0 Å². The molecule has 3 saturated heterocycles. The van der Waals surface area contributed by atoms with Gasteiger partial charge >= 0.3 is 6.18 Å². The Morgan fingerprint density at radius 3 is 2.39 bits per heavy atom. The van der Waals surface area contributed by atoms with Gasteiger partial charge in [-0.15, -0.1) is 0 Å². The fourth-order valence-electron chi connectivity index (χ4n) is 7.76. The van der Waals surface area contributed by atoms with Gasteiger partial charge in [0.05, 0.1) is 29.4 Å². The normalized spacial score (nSPS) is 21.3. The summed E-state index contributed by atoms with van der Waals surface area (Å²) in [6, 6.07) is 17.0. The van der Waals surface area contributed by atoms with Gasteiger partial charge in [-0.1, -0.05) is 13.0 Å². The molecule has 4 amide bonds. The van der Waals surface area contributed by atoms with Crippen molar-refractivity contribution in [2.45, 2.75) is 83.7 Å². The zero-order chi connectivity index (χ0) is 42.8. The molecule has 0 aliphatic carbocycles. The fraction of sp³-hybridized carbons (Fsp3) is 0.429. The van der Waals surface area contributed by atoms with Gasteiger partial charge < -0.3 is 20.3 Å².